The number of carboxylic acid groups (broad SMARTS) is 1. The van der Waals surface area contributed by atoms with E-state index < -0.39 is 5.97 Å². The lowest BCUT2D eigenvalue weighted by atomic mass is 10.1. The Hall–Kier alpha value is -1.88. The van der Waals surface area contributed by atoms with Crippen LogP contribution in [0.4, 0.5) is 5.69 Å². The van der Waals surface area contributed by atoms with Crippen molar-refractivity contribution in [3.8, 4) is 0 Å². The van der Waals surface area contributed by atoms with Gasteiger partial charge in [-0.05, 0) is 31.0 Å². The summed E-state index contributed by atoms with van der Waals surface area (Å²) in [6, 6.07) is 6.82. The van der Waals surface area contributed by atoms with Gasteiger partial charge in [0.25, 0.3) is 0 Å². The molecule has 0 aromatic heterocycles. The number of nitrogens with one attached hydrogen (secondary N) is 2. The van der Waals surface area contributed by atoms with Crippen LogP contribution in [0.3, 0.4) is 0 Å². The van der Waals surface area contributed by atoms with Crippen molar-refractivity contribution in [1.29, 1.82) is 0 Å². The number of rotatable bonds is 4. The van der Waals surface area contributed by atoms with Crippen LogP contribution in [0.25, 0.3) is 0 Å². The standard InChI is InChI=1S/C13H16N2O3/c16-12(17)8-9-4-1-2-5-10(9)15-13(18)11-6-3-7-14-11/h1-2,4-5,11,14H,3,6-8H2,(H,15,18)(H,16,17). The first-order chi connectivity index (χ1) is 8.66. The molecule has 0 saturated carbocycles. The number of carbonyl (C=O) groups excluding carboxylic acids is 1. The van der Waals surface area contributed by atoms with E-state index in [0.717, 1.165) is 19.4 Å². The van der Waals surface area contributed by atoms with Gasteiger partial charge in [0.05, 0.1) is 12.5 Å². The molecule has 1 fully saturated rings. The van der Waals surface area contributed by atoms with Gasteiger partial charge in [-0.1, -0.05) is 18.2 Å². The third-order valence-corrected chi connectivity index (χ3v) is 2.99. The summed E-state index contributed by atoms with van der Waals surface area (Å²) >= 11 is 0. The zero-order chi connectivity index (χ0) is 13.0. The van der Waals surface area contributed by atoms with Crippen molar-refractivity contribution < 1.29 is 14.7 Å². The Balaban J connectivity index is 2.07. The predicted octanol–water partition coefficient (Wildman–Crippen LogP) is 1.00. The summed E-state index contributed by atoms with van der Waals surface area (Å²) in [6.45, 7) is 0.856. The van der Waals surface area contributed by atoms with Crippen molar-refractivity contribution in [3.63, 3.8) is 0 Å². The molecule has 0 spiro atoms. The van der Waals surface area contributed by atoms with E-state index in [2.05, 4.69) is 10.6 Å². The lowest BCUT2D eigenvalue weighted by Crippen LogP contribution is -2.35. The molecule has 18 heavy (non-hydrogen) atoms. The van der Waals surface area contributed by atoms with Crippen LogP contribution in [0.5, 0.6) is 0 Å². The molecule has 5 heteroatoms. The fourth-order valence-electron chi connectivity index (χ4n) is 2.09. The van der Waals surface area contributed by atoms with Gasteiger partial charge in [-0.2, -0.15) is 0 Å². The average Bonchev–Trinajstić information content (AvgIpc) is 2.84. The van der Waals surface area contributed by atoms with Crippen molar-refractivity contribution in [2.75, 3.05) is 11.9 Å². The first-order valence-electron chi connectivity index (χ1n) is 6.01. The monoisotopic (exact) mass is 248 g/mol. The Morgan fingerprint density at radius 2 is 2.17 bits per heavy atom. The average molecular weight is 248 g/mol. The number of carboxylic acids is 1. The van der Waals surface area contributed by atoms with Crippen LogP contribution in [0.2, 0.25) is 0 Å². The highest BCUT2D eigenvalue weighted by atomic mass is 16.4. The van der Waals surface area contributed by atoms with Crippen LogP contribution in [0, 0.1) is 0 Å². The van der Waals surface area contributed by atoms with E-state index in [9.17, 15) is 9.59 Å². The van der Waals surface area contributed by atoms with Crippen LogP contribution in [0.15, 0.2) is 24.3 Å². The molecule has 1 atom stereocenters. The molecule has 1 aliphatic heterocycles. The number of hydrogen-bond donors (Lipinski definition) is 3. The number of anilines is 1. The molecule has 96 valence electrons. The number of amides is 1. The molecule has 0 radical (unpaired) electrons. The molecule has 1 saturated heterocycles. The first kappa shape index (κ1) is 12.6. The van der Waals surface area contributed by atoms with Gasteiger partial charge in [0, 0.05) is 5.69 Å². The molecule has 5 nitrogen and oxygen atoms in total. The molecule has 3 N–H and O–H groups in total. The molecule has 2 rings (SSSR count). The third kappa shape index (κ3) is 3.07. The van der Waals surface area contributed by atoms with E-state index in [0.29, 0.717) is 11.3 Å². The molecule has 1 aromatic carbocycles. The van der Waals surface area contributed by atoms with E-state index in [1.165, 1.54) is 0 Å². The minimum atomic E-state index is -0.907. The van der Waals surface area contributed by atoms with E-state index in [1.54, 1.807) is 24.3 Å². The lowest BCUT2D eigenvalue weighted by Gasteiger charge is -2.13. The van der Waals surface area contributed by atoms with E-state index in [4.69, 9.17) is 5.11 Å². The summed E-state index contributed by atoms with van der Waals surface area (Å²) in [4.78, 5) is 22.7. The van der Waals surface area contributed by atoms with Crippen molar-refractivity contribution >= 4 is 17.6 Å². The predicted molar refractivity (Wildman–Crippen MR) is 67.4 cm³/mol. The second kappa shape index (κ2) is 5.64. The van der Waals surface area contributed by atoms with Crippen LogP contribution in [-0.2, 0) is 16.0 Å². The third-order valence-electron chi connectivity index (χ3n) is 2.99. The summed E-state index contributed by atoms with van der Waals surface area (Å²) in [5.74, 6) is -0.999. The Morgan fingerprint density at radius 1 is 1.39 bits per heavy atom. The van der Waals surface area contributed by atoms with Crippen LogP contribution in [0.1, 0.15) is 18.4 Å². The minimum absolute atomic E-state index is 0.0887. The van der Waals surface area contributed by atoms with Crippen LogP contribution in [-0.4, -0.2) is 29.6 Å². The normalized spacial score (nSPS) is 18.6. The SMILES string of the molecule is O=C(O)Cc1ccccc1NC(=O)C1CCCN1. The Morgan fingerprint density at radius 3 is 2.83 bits per heavy atom. The maximum atomic E-state index is 11.9. The van der Waals surface area contributed by atoms with Crippen LogP contribution >= 0.6 is 0 Å². The molecule has 1 aliphatic rings. The Bertz CT molecular complexity index is 453. The van der Waals surface area contributed by atoms with Crippen molar-refractivity contribution in [3.05, 3.63) is 29.8 Å². The highest BCUT2D eigenvalue weighted by Gasteiger charge is 2.22. The molecule has 0 bridgehead atoms. The van der Waals surface area contributed by atoms with Gasteiger partial charge in [0.15, 0.2) is 0 Å². The fourth-order valence-corrected chi connectivity index (χ4v) is 2.09. The van der Waals surface area contributed by atoms with Gasteiger partial charge >= 0.3 is 5.97 Å². The highest BCUT2D eigenvalue weighted by molar-refractivity contribution is 5.96. The quantitative estimate of drug-likeness (QED) is 0.743. The van der Waals surface area contributed by atoms with Gasteiger partial charge in [-0.25, -0.2) is 0 Å². The number of hydrogen-bond acceptors (Lipinski definition) is 3. The maximum Gasteiger partial charge on any atom is 0.307 e. The Labute approximate surface area is 105 Å². The molecule has 0 aliphatic carbocycles. The largest absolute Gasteiger partial charge is 0.481 e. The summed E-state index contributed by atoms with van der Waals surface area (Å²) in [5.41, 5.74) is 1.20. The van der Waals surface area contributed by atoms with E-state index in [1.807, 2.05) is 0 Å². The summed E-state index contributed by atoms with van der Waals surface area (Å²) in [6.07, 6.45) is 1.73. The second-order valence-electron chi connectivity index (χ2n) is 4.37. The number of carbonyl (C=O) groups is 2. The Kier molecular flexibility index (Phi) is 3.94. The highest BCUT2D eigenvalue weighted by Crippen LogP contribution is 2.17. The number of aliphatic carboxylic acids is 1. The number of para-hydroxylation sites is 1. The minimum Gasteiger partial charge on any atom is -0.481 e. The molecule has 1 aromatic rings. The van der Waals surface area contributed by atoms with Gasteiger partial charge in [-0.15, -0.1) is 0 Å². The lowest BCUT2D eigenvalue weighted by molar-refractivity contribution is -0.136. The van der Waals surface area contributed by atoms with Crippen LogP contribution < -0.4 is 10.6 Å². The number of benzene rings is 1. The summed E-state index contributed by atoms with van der Waals surface area (Å²) in [5, 5.41) is 14.7. The van der Waals surface area contributed by atoms with Crippen molar-refractivity contribution in [2.45, 2.75) is 25.3 Å². The van der Waals surface area contributed by atoms with Gasteiger partial charge in [0.2, 0.25) is 5.91 Å². The van der Waals surface area contributed by atoms with Gasteiger partial charge < -0.3 is 15.7 Å². The molecule has 1 heterocycles. The zero-order valence-electron chi connectivity index (χ0n) is 9.98. The van der Waals surface area contributed by atoms with Crippen molar-refractivity contribution in [1.82, 2.24) is 5.32 Å². The molecular weight excluding hydrogens is 232 g/mol. The molecule has 1 amide bonds. The topological polar surface area (TPSA) is 78.4 Å². The first-order valence-corrected chi connectivity index (χ1v) is 6.01. The van der Waals surface area contributed by atoms with Gasteiger partial charge in [-0.3, -0.25) is 9.59 Å². The molecular formula is C13H16N2O3. The zero-order valence-corrected chi connectivity index (χ0v) is 9.98. The van der Waals surface area contributed by atoms with Gasteiger partial charge in [0.1, 0.15) is 0 Å². The van der Waals surface area contributed by atoms with E-state index in [-0.39, 0.29) is 18.4 Å². The molecule has 1 unspecified atom stereocenters. The summed E-state index contributed by atoms with van der Waals surface area (Å²) in [7, 11) is 0. The van der Waals surface area contributed by atoms with Crippen molar-refractivity contribution in [2.24, 2.45) is 0 Å². The summed E-state index contributed by atoms with van der Waals surface area (Å²) < 4.78 is 0. The maximum absolute atomic E-state index is 11.9. The smallest absolute Gasteiger partial charge is 0.307 e. The second-order valence-corrected chi connectivity index (χ2v) is 4.37. The van der Waals surface area contributed by atoms with E-state index >= 15 is 0 Å². The fraction of sp³-hybridized carbons (Fsp3) is 0.385.